The van der Waals surface area contributed by atoms with Gasteiger partial charge in [0.25, 0.3) is 0 Å². The van der Waals surface area contributed by atoms with Crippen LogP contribution in [0.3, 0.4) is 0 Å². The third-order valence-corrected chi connectivity index (χ3v) is 4.45. The van der Waals surface area contributed by atoms with Crippen LogP contribution in [0.25, 0.3) is 0 Å². The molecular weight excluding hydrogens is 230 g/mol. The zero-order chi connectivity index (χ0) is 12.4. The predicted molar refractivity (Wildman–Crippen MR) is 76.7 cm³/mol. The van der Waals surface area contributed by atoms with Crippen molar-refractivity contribution in [2.45, 2.75) is 39.3 Å². The lowest BCUT2D eigenvalue weighted by Crippen LogP contribution is -2.51. The van der Waals surface area contributed by atoms with Gasteiger partial charge in [0.15, 0.2) is 8.24 Å². The first kappa shape index (κ1) is 13.5. The lowest BCUT2D eigenvalue weighted by Gasteiger charge is -2.39. The van der Waals surface area contributed by atoms with E-state index in [9.17, 15) is 0 Å². The van der Waals surface area contributed by atoms with Gasteiger partial charge in [0.2, 0.25) is 8.32 Å². The first-order chi connectivity index (χ1) is 7.20. The Balaban J connectivity index is 2.98. The Labute approximate surface area is 101 Å². The van der Waals surface area contributed by atoms with Gasteiger partial charge >= 0.3 is 0 Å². The number of hydrogen-bond acceptors (Lipinski definition) is 2. The highest BCUT2D eigenvalue weighted by molar-refractivity contribution is 6.80. The summed E-state index contributed by atoms with van der Waals surface area (Å²) in [5, 5.41) is 0. The Morgan fingerprint density at radius 2 is 1.38 bits per heavy atom. The van der Waals surface area contributed by atoms with Crippen molar-refractivity contribution in [1.82, 2.24) is 0 Å². The van der Waals surface area contributed by atoms with Gasteiger partial charge in [-0.15, -0.1) is 0 Å². The fourth-order valence-electron chi connectivity index (χ4n) is 1.41. The third kappa shape index (κ3) is 4.11. The van der Waals surface area contributed by atoms with Crippen molar-refractivity contribution < 1.29 is 4.53 Å². The van der Waals surface area contributed by atoms with Crippen LogP contribution in [-0.2, 0) is 4.53 Å². The molecule has 0 unspecified atom stereocenters. The van der Waals surface area contributed by atoms with Crippen molar-refractivity contribution in [3.63, 3.8) is 0 Å². The van der Waals surface area contributed by atoms with Crippen molar-refractivity contribution in [3.05, 3.63) is 30.3 Å². The van der Waals surface area contributed by atoms with Gasteiger partial charge in [-0.2, -0.15) is 0 Å². The molecule has 0 fully saturated rings. The summed E-state index contributed by atoms with van der Waals surface area (Å²) in [4.78, 5) is 0. The summed E-state index contributed by atoms with van der Waals surface area (Å²) in [7, 11) is -3.04. The van der Waals surface area contributed by atoms with E-state index in [1.165, 1.54) is 5.69 Å². The van der Waals surface area contributed by atoms with Gasteiger partial charge < -0.3 is 4.53 Å². The largest absolute Gasteiger partial charge is 0.328 e. The molecule has 0 aliphatic heterocycles. The van der Waals surface area contributed by atoms with Crippen LogP contribution in [0.2, 0.25) is 39.3 Å². The van der Waals surface area contributed by atoms with Gasteiger partial charge in [-0.3, -0.25) is 4.73 Å². The second kappa shape index (κ2) is 4.73. The second-order valence-corrected chi connectivity index (χ2v) is 15.2. The number of benzene rings is 1. The Morgan fingerprint density at radius 1 is 0.875 bits per heavy atom. The van der Waals surface area contributed by atoms with Crippen molar-refractivity contribution in [2.75, 3.05) is 4.73 Å². The smallest absolute Gasteiger partial charge is 0.219 e. The van der Waals surface area contributed by atoms with Crippen LogP contribution in [0.15, 0.2) is 30.3 Å². The van der Waals surface area contributed by atoms with Crippen LogP contribution in [0.4, 0.5) is 5.69 Å². The minimum absolute atomic E-state index is 1.18. The fraction of sp³-hybridized carbons (Fsp3) is 0.500. The molecule has 1 rings (SSSR count). The molecular formula is C12H23NOSi2. The number of rotatable bonds is 4. The molecule has 0 saturated heterocycles. The van der Waals surface area contributed by atoms with Gasteiger partial charge in [0, 0.05) is 0 Å². The standard InChI is InChI=1S/C12H23NOSi2/c1-15(2,3)13(14-16(4,5)6)12-10-8-7-9-11-12/h7-11H,1-6H3. The summed E-state index contributed by atoms with van der Waals surface area (Å²) >= 11 is 0. The molecule has 0 saturated carbocycles. The predicted octanol–water partition coefficient (Wildman–Crippen LogP) is 4.09. The number of hydrogen-bond donors (Lipinski definition) is 0. The molecule has 2 nitrogen and oxygen atoms in total. The summed E-state index contributed by atoms with van der Waals surface area (Å²) in [5.41, 5.74) is 1.18. The first-order valence-corrected chi connectivity index (χ1v) is 12.6. The van der Waals surface area contributed by atoms with E-state index >= 15 is 0 Å². The van der Waals surface area contributed by atoms with Crippen molar-refractivity contribution >= 4 is 22.2 Å². The molecule has 0 amide bonds. The maximum Gasteiger partial charge on any atom is 0.219 e. The molecule has 0 heterocycles. The van der Waals surface area contributed by atoms with Crippen LogP contribution >= 0.6 is 0 Å². The molecule has 0 atom stereocenters. The van der Waals surface area contributed by atoms with E-state index in [-0.39, 0.29) is 0 Å². The van der Waals surface area contributed by atoms with Crippen LogP contribution in [0.1, 0.15) is 0 Å². The summed E-state index contributed by atoms with van der Waals surface area (Å²) in [6.45, 7) is 13.6. The molecule has 90 valence electrons. The minimum atomic E-state index is -1.55. The van der Waals surface area contributed by atoms with E-state index in [0.717, 1.165) is 0 Å². The Bertz CT molecular complexity index is 327. The molecule has 0 aliphatic rings. The zero-order valence-corrected chi connectivity index (χ0v) is 13.2. The van der Waals surface area contributed by atoms with E-state index in [2.05, 4.69) is 68.3 Å². The molecule has 0 aromatic heterocycles. The molecule has 16 heavy (non-hydrogen) atoms. The molecule has 1 aromatic rings. The highest BCUT2D eigenvalue weighted by Crippen LogP contribution is 2.24. The Morgan fingerprint density at radius 3 is 1.75 bits per heavy atom. The van der Waals surface area contributed by atoms with Gasteiger partial charge in [-0.1, -0.05) is 18.2 Å². The quantitative estimate of drug-likeness (QED) is 0.592. The Kier molecular flexibility index (Phi) is 3.99. The van der Waals surface area contributed by atoms with Gasteiger partial charge in [0.1, 0.15) is 0 Å². The molecule has 1 aromatic carbocycles. The topological polar surface area (TPSA) is 12.5 Å². The Hall–Kier alpha value is -0.586. The van der Waals surface area contributed by atoms with Gasteiger partial charge in [-0.05, 0) is 51.4 Å². The van der Waals surface area contributed by atoms with Crippen molar-refractivity contribution in [1.29, 1.82) is 0 Å². The van der Waals surface area contributed by atoms with Gasteiger partial charge in [0.05, 0.1) is 5.69 Å². The minimum Gasteiger partial charge on any atom is -0.328 e. The molecule has 0 aliphatic carbocycles. The highest BCUT2D eigenvalue weighted by Gasteiger charge is 2.30. The summed E-state index contributed by atoms with van der Waals surface area (Å²) in [6.07, 6.45) is 0. The van der Waals surface area contributed by atoms with E-state index in [1.807, 2.05) is 6.07 Å². The van der Waals surface area contributed by atoms with E-state index in [4.69, 9.17) is 4.53 Å². The number of para-hydroxylation sites is 1. The maximum absolute atomic E-state index is 6.22. The molecule has 0 N–H and O–H groups in total. The average molecular weight is 253 g/mol. The molecule has 0 bridgehead atoms. The summed E-state index contributed by atoms with van der Waals surface area (Å²) < 4.78 is 8.40. The highest BCUT2D eigenvalue weighted by atomic mass is 28.4. The van der Waals surface area contributed by atoms with Crippen LogP contribution in [0, 0.1) is 0 Å². The van der Waals surface area contributed by atoms with E-state index in [0.29, 0.717) is 0 Å². The SMILES string of the molecule is C[Si](C)(C)ON(c1ccccc1)[Si](C)(C)C. The van der Waals surface area contributed by atoms with E-state index in [1.54, 1.807) is 0 Å². The van der Waals surface area contributed by atoms with Crippen LogP contribution in [0.5, 0.6) is 0 Å². The zero-order valence-electron chi connectivity index (χ0n) is 11.2. The number of anilines is 1. The lowest BCUT2D eigenvalue weighted by atomic mass is 10.3. The normalized spacial score (nSPS) is 12.6. The average Bonchev–Trinajstić information content (AvgIpc) is 2.13. The van der Waals surface area contributed by atoms with Crippen molar-refractivity contribution in [2.24, 2.45) is 0 Å². The second-order valence-electron chi connectivity index (χ2n) is 6.00. The molecule has 4 heteroatoms. The number of nitrogens with zero attached hydrogens (tertiary/aromatic N) is 1. The first-order valence-electron chi connectivity index (χ1n) is 5.74. The molecule has 0 radical (unpaired) electrons. The van der Waals surface area contributed by atoms with E-state index < -0.39 is 16.6 Å². The fourth-order valence-corrected chi connectivity index (χ4v) is 4.91. The summed E-state index contributed by atoms with van der Waals surface area (Å²) in [6, 6.07) is 10.4. The monoisotopic (exact) mass is 253 g/mol. The lowest BCUT2D eigenvalue weighted by molar-refractivity contribution is 0.330. The maximum atomic E-state index is 6.22. The third-order valence-electron chi connectivity index (χ3n) is 1.97. The van der Waals surface area contributed by atoms with Gasteiger partial charge in [-0.25, -0.2) is 0 Å². The van der Waals surface area contributed by atoms with Crippen LogP contribution in [-0.4, -0.2) is 16.6 Å². The summed E-state index contributed by atoms with van der Waals surface area (Å²) in [5.74, 6) is 0. The molecule has 0 spiro atoms. The van der Waals surface area contributed by atoms with Crippen molar-refractivity contribution in [3.8, 4) is 0 Å². The van der Waals surface area contributed by atoms with Crippen LogP contribution < -0.4 is 4.73 Å².